The molecule has 11 heteroatoms. The van der Waals surface area contributed by atoms with E-state index in [9.17, 15) is 31.2 Å². The molecule has 1 aromatic carbocycles. The molecule has 2 rings (SSSR count). The maximum atomic E-state index is 12.5. The second-order valence-electron chi connectivity index (χ2n) is 7.18. The van der Waals surface area contributed by atoms with Gasteiger partial charge in [-0.15, -0.1) is 0 Å². The van der Waals surface area contributed by atoms with Crippen LogP contribution >= 0.6 is 0 Å². The first-order valence-electron chi connectivity index (χ1n) is 9.58. The van der Waals surface area contributed by atoms with Crippen molar-refractivity contribution in [3.05, 3.63) is 29.8 Å². The Labute approximate surface area is 173 Å². The number of halogens is 3. The van der Waals surface area contributed by atoms with E-state index in [4.69, 9.17) is 4.74 Å². The summed E-state index contributed by atoms with van der Waals surface area (Å²) in [6, 6.07) is 5.07. The minimum Gasteiger partial charge on any atom is -0.465 e. The van der Waals surface area contributed by atoms with Gasteiger partial charge < -0.3 is 9.64 Å². The van der Waals surface area contributed by atoms with Gasteiger partial charge in [0.05, 0.1) is 11.5 Å². The minimum absolute atomic E-state index is 0.00649. The molecule has 168 valence electrons. The van der Waals surface area contributed by atoms with Gasteiger partial charge in [0.25, 0.3) is 0 Å². The van der Waals surface area contributed by atoms with E-state index in [1.807, 2.05) is 0 Å². The Kier molecular flexibility index (Phi) is 7.87. The maximum Gasteiger partial charge on any atom is 0.471 e. The largest absolute Gasteiger partial charge is 0.471 e. The van der Waals surface area contributed by atoms with E-state index in [1.165, 1.54) is 19.1 Å². The highest BCUT2D eigenvalue weighted by atomic mass is 32.2. The topological polar surface area (TPSA) is 92.8 Å². The third-order valence-corrected chi connectivity index (χ3v) is 6.43. The summed E-state index contributed by atoms with van der Waals surface area (Å²) < 4.78 is 69.3. The lowest BCUT2D eigenvalue weighted by atomic mass is 9.90. The number of carbonyl (C=O) groups is 2. The summed E-state index contributed by atoms with van der Waals surface area (Å²) in [7, 11) is -3.91. The van der Waals surface area contributed by atoms with Crippen LogP contribution < -0.4 is 4.72 Å². The number of esters is 1. The van der Waals surface area contributed by atoms with Gasteiger partial charge in [0.1, 0.15) is 6.04 Å². The summed E-state index contributed by atoms with van der Waals surface area (Å²) in [4.78, 5) is 23.7. The Bertz CT molecular complexity index is 848. The first-order valence-corrected chi connectivity index (χ1v) is 11.1. The van der Waals surface area contributed by atoms with E-state index in [0.717, 1.165) is 10.5 Å². The van der Waals surface area contributed by atoms with E-state index >= 15 is 0 Å². The van der Waals surface area contributed by atoms with Crippen molar-refractivity contribution < 1.29 is 35.9 Å². The zero-order chi connectivity index (χ0) is 22.5. The molecule has 1 N–H and O–H groups in total. The van der Waals surface area contributed by atoms with Gasteiger partial charge in [-0.25, -0.2) is 8.42 Å². The predicted molar refractivity (Wildman–Crippen MR) is 102 cm³/mol. The molecule has 1 unspecified atom stereocenters. The molecule has 7 nitrogen and oxygen atoms in total. The number of ether oxygens (including phenoxy) is 1. The Morgan fingerprint density at radius 3 is 2.27 bits per heavy atom. The number of carbonyl (C=O) groups excluding carboxylic acids is 2. The van der Waals surface area contributed by atoms with Gasteiger partial charge in [0, 0.05) is 13.1 Å². The lowest BCUT2D eigenvalue weighted by Crippen LogP contribution is -2.45. The summed E-state index contributed by atoms with van der Waals surface area (Å²) in [5, 5.41) is 0. The monoisotopic (exact) mass is 450 g/mol. The summed E-state index contributed by atoms with van der Waals surface area (Å²) >= 11 is 0. The molecule has 1 aliphatic heterocycles. The molecule has 1 heterocycles. The van der Waals surface area contributed by atoms with Gasteiger partial charge in [-0.05, 0) is 56.7 Å². The Morgan fingerprint density at radius 2 is 1.77 bits per heavy atom. The van der Waals surface area contributed by atoms with E-state index < -0.39 is 34.1 Å². The summed E-state index contributed by atoms with van der Waals surface area (Å²) in [6.07, 6.45) is -3.39. The fourth-order valence-electron chi connectivity index (χ4n) is 3.27. The number of sulfonamides is 1. The van der Waals surface area contributed by atoms with Crippen LogP contribution in [0, 0.1) is 5.92 Å². The molecule has 0 bridgehead atoms. The summed E-state index contributed by atoms with van der Waals surface area (Å²) in [6.45, 7) is 3.24. The van der Waals surface area contributed by atoms with Crippen molar-refractivity contribution in [1.82, 2.24) is 9.62 Å². The second-order valence-corrected chi connectivity index (χ2v) is 8.89. The zero-order valence-electron chi connectivity index (χ0n) is 16.7. The van der Waals surface area contributed by atoms with Gasteiger partial charge in [0.2, 0.25) is 10.0 Å². The lowest BCUT2D eigenvalue weighted by Gasteiger charge is -2.32. The molecular formula is C19H25F3N2O5S. The average molecular weight is 450 g/mol. The smallest absolute Gasteiger partial charge is 0.465 e. The first-order chi connectivity index (χ1) is 13.9. The Hall–Kier alpha value is -2.14. The molecule has 0 spiro atoms. The Morgan fingerprint density at radius 1 is 1.20 bits per heavy atom. The number of rotatable bonds is 7. The molecule has 0 aromatic heterocycles. The van der Waals surface area contributed by atoms with Crippen molar-refractivity contribution in [2.75, 3.05) is 19.7 Å². The maximum absolute atomic E-state index is 12.5. The second kappa shape index (κ2) is 9.78. The highest BCUT2D eigenvalue weighted by Crippen LogP contribution is 2.26. The molecule has 0 aliphatic carbocycles. The number of piperidine rings is 1. The van der Waals surface area contributed by atoms with Crippen LogP contribution in [0.15, 0.2) is 29.2 Å². The number of benzene rings is 1. The van der Waals surface area contributed by atoms with Gasteiger partial charge in [0.15, 0.2) is 0 Å². The molecular weight excluding hydrogens is 425 g/mol. The van der Waals surface area contributed by atoms with Gasteiger partial charge in [-0.2, -0.15) is 17.9 Å². The molecule has 1 atom stereocenters. The van der Waals surface area contributed by atoms with Crippen LogP contribution in [0.4, 0.5) is 13.2 Å². The van der Waals surface area contributed by atoms with Crippen LogP contribution in [-0.4, -0.2) is 57.1 Å². The summed E-state index contributed by atoms with van der Waals surface area (Å²) in [5.41, 5.74) is 0.841. The average Bonchev–Trinajstić information content (AvgIpc) is 2.67. The van der Waals surface area contributed by atoms with Crippen molar-refractivity contribution >= 4 is 21.9 Å². The minimum atomic E-state index is -4.85. The number of likely N-dealkylation sites (tertiary alicyclic amines) is 1. The number of nitrogens with one attached hydrogen (secondary N) is 1. The zero-order valence-corrected chi connectivity index (χ0v) is 17.6. The lowest BCUT2D eigenvalue weighted by molar-refractivity contribution is -0.186. The molecule has 0 radical (unpaired) electrons. The number of hydrogen-bond donors (Lipinski definition) is 1. The quantitative estimate of drug-likeness (QED) is 0.644. The SMILES string of the molecule is CCOC(=O)C(C)NS(=O)(=O)c1ccc(CC2CCN(C(=O)C(F)(F)F)CC2)cc1. The van der Waals surface area contributed by atoms with Crippen LogP contribution in [-0.2, 0) is 30.8 Å². The fraction of sp³-hybridized carbons (Fsp3) is 0.579. The predicted octanol–water partition coefficient (Wildman–Crippen LogP) is 2.26. The standard InChI is InChI=1S/C19H25F3N2O5S/c1-3-29-17(25)13(2)23-30(27,28)16-6-4-14(5-7-16)12-15-8-10-24(11-9-15)18(26)19(20,21)22/h4-7,13,15,23H,3,8-12H2,1-2H3. The third-order valence-electron chi connectivity index (χ3n) is 4.87. The normalized spacial score (nSPS) is 16.9. The summed E-state index contributed by atoms with van der Waals surface area (Å²) in [5.74, 6) is -2.38. The molecule has 1 amide bonds. The van der Waals surface area contributed by atoms with E-state index in [1.54, 1.807) is 19.1 Å². The molecule has 1 aromatic rings. The fourth-order valence-corrected chi connectivity index (χ4v) is 4.47. The van der Waals surface area contributed by atoms with Crippen molar-refractivity contribution in [1.29, 1.82) is 0 Å². The highest BCUT2D eigenvalue weighted by molar-refractivity contribution is 7.89. The van der Waals surface area contributed by atoms with Crippen molar-refractivity contribution in [3.8, 4) is 0 Å². The third kappa shape index (κ3) is 6.43. The van der Waals surface area contributed by atoms with Crippen LogP contribution in [0.25, 0.3) is 0 Å². The van der Waals surface area contributed by atoms with Crippen molar-refractivity contribution in [2.24, 2.45) is 5.92 Å². The number of alkyl halides is 3. The van der Waals surface area contributed by atoms with Gasteiger partial charge in [-0.3, -0.25) is 9.59 Å². The van der Waals surface area contributed by atoms with E-state index in [2.05, 4.69) is 4.72 Å². The molecule has 1 aliphatic rings. The van der Waals surface area contributed by atoms with E-state index in [-0.39, 0.29) is 30.5 Å². The van der Waals surface area contributed by atoms with Crippen LogP contribution in [0.2, 0.25) is 0 Å². The highest BCUT2D eigenvalue weighted by Gasteiger charge is 2.43. The molecule has 30 heavy (non-hydrogen) atoms. The Balaban J connectivity index is 1.92. The van der Waals surface area contributed by atoms with Crippen LogP contribution in [0.5, 0.6) is 0 Å². The number of hydrogen-bond acceptors (Lipinski definition) is 5. The molecule has 1 saturated heterocycles. The number of nitrogens with zero attached hydrogens (tertiary/aromatic N) is 1. The number of amides is 1. The molecule has 1 fully saturated rings. The first kappa shape index (κ1) is 24.1. The van der Waals surface area contributed by atoms with Crippen molar-refractivity contribution in [3.63, 3.8) is 0 Å². The van der Waals surface area contributed by atoms with Gasteiger partial charge in [-0.1, -0.05) is 12.1 Å². The van der Waals surface area contributed by atoms with Crippen LogP contribution in [0.3, 0.4) is 0 Å². The van der Waals surface area contributed by atoms with E-state index in [0.29, 0.717) is 19.3 Å². The van der Waals surface area contributed by atoms with Crippen LogP contribution in [0.1, 0.15) is 32.3 Å². The van der Waals surface area contributed by atoms with Gasteiger partial charge >= 0.3 is 18.1 Å². The van der Waals surface area contributed by atoms with Crippen molar-refractivity contribution in [2.45, 2.75) is 50.2 Å². The molecule has 0 saturated carbocycles.